The molecule has 3 fully saturated rings. The maximum absolute atomic E-state index is 13.6. The lowest BCUT2D eigenvalue weighted by Gasteiger charge is -2.34. The first-order valence-corrected chi connectivity index (χ1v) is 17.4. The van der Waals surface area contributed by atoms with Gasteiger partial charge in [0.2, 0.25) is 0 Å². The van der Waals surface area contributed by atoms with E-state index in [9.17, 15) is 13.2 Å². The van der Waals surface area contributed by atoms with E-state index in [2.05, 4.69) is 54.5 Å². The van der Waals surface area contributed by atoms with Gasteiger partial charge in [-0.15, -0.1) is 12.4 Å². The van der Waals surface area contributed by atoms with Crippen LogP contribution in [-0.4, -0.2) is 42.4 Å². The number of rotatable bonds is 5. The summed E-state index contributed by atoms with van der Waals surface area (Å²) in [5, 5.41) is 3.46. The summed E-state index contributed by atoms with van der Waals surface area (Å²) in [7, 11) is -4.20. The van der Waals surface area contributed by atoms with Gasteiger partial charge in [-0.25, -0.2) is 14.7 Å². The predicted molar refractivity (Wildman–Crippen MR) is 173 cm³/mol. The molecule has 4 bridgehead atoms. The van der Waals surface area contributed by atoms with Gasteiger partial charge in [-0.3, -0.25) is 4.79 Å². The van der Waals surface area contributed by atoms with Crippen molar-refractivity contribution in [2.45, 2.75) is 114 Å². The number of nitrogens with one attached hydrogen (secondary N) is 2. The molecule has 4 aliphatic rings. The lowest BCUT2D eigenvalue weighted by molar-refractivity contribution is 0.0981. The van der Waals surface area contributed by atoms with Crippen LogP contribution >= 0.6 is 12.4 Å². The number of carbonyl (C=O) groups is 1. The van der Waals surface area contributed by atoms with Crippen LogP contribution in [0.3, 0.4) is 0 Å². The molecule has 2 atom stereocenters. The largest absolute Gasteiger partial charge is 0.367 e. The highest BCUT2D eigenvalue weighted by atomic mass is 35.5. The monoisotopic (exact) mass is 629 g/mol. The minimum atomic E-state index is -4.20. The van der Waals surface area contributed by atoms with Crippen LogP contribution in [-0.2, 0) is 15.4 Å². The summed E-state index contributed by atoms with van der Waals surface area (Å²) < 4.78 is 29.2. The number of hydrogen-bond acceptors (Lipinski definition) is 7. The van der Waals surface area contributed by atoms with Gasteiger partial charge in [0.05, 0.1) is 5.56 Å². The molecule has 236 valence electrons. The molecule has 43 heavy (non-hydrogen) atoms. The summed E-state index contributed by atoms with van der Waals surface area (Å²) in [6.07, 6.45) is 10.8. The Labute approximate surface area is 263 Å². The fraction of sp³-hybridized carbons (Fsp3) is 0.667. The van der Waals surface area contributed by atoms with E-state index in [-0.39, 0.29) is 40.0 Å². The van der Waals surface area contributed by atoms with Gasteiger partial charge in [0, 0.05) is 29.2 Å². The first kappa shape index (κ1) is 32.0. The quantitative estimate of drug-likeness (QED) is 0.379. The number of carbonyl (C=O) groups excluding carboxylic acids is 1. The molecule has 10 heteroatoms. The third-order valence-electron chi connectivity index (χ3n) is 9.91. The molecule has 1 unspecified atom stereocenters. The minimum absolute atomic E-state index is 0. The van der Waals surface area contributed by atoms with Crippen molar-refractivity contribution in [2.75, 3.05) is 16.8 Å². The average molecular weight is 630 g/mol. The van der Waals surface area contributed by atoms with Crippen LogP contribution in [0.4, 0.5) is 11.6 Å². The Morgan fingerprint density at radius 3 is 2.35 bits per heavy atom. The predicted octanol–water partition coefficient (Wildman–Crippen LogP) is 6.71. The summed E-state index contributed by atoms with van der Waals surface area (Å²) in [6.45, 7) is 11.5. The first-order chi connectivity index (χ1) is 19.8. The normalized spacial score (nSPS) is 25.1. The van der Waals surface area contributed by atoms with Gasteiger partial charge in [0.1, 0.15) is 11.6 Å². The molecule has 6 rings (SSSR count). The van der Waals surface area contributed by atoms with Gasteiger partial charge in [-0.1, -0.05) is 26.8 Å². The molecule has 2 aromatic heterocycles. The van der Waals surface area contributed by atoms with Gasteiger partial charge in [-0.2, -0.15) is 8.42 Å². The second kappa shape index (κ2) is 11.8. The van der Waals surface area contributed by atoms with Crippen LogP contribution in [0.2, 0.25) is 0 Å². The Morgan fingerprint density at radius 1 is 1.00 bits per heavy atom. The molecule has 2 aromatic rings. The highest BCUT2D eigenvalue weighted by molar-refractivity contribution is 7.90. The van der Waals surface area contributed by atoms with E-state index in [0.717, 1.165) is 55.7 Å². The second-order valence-electron chi connectivity index (χ2n) is 14.9. The molecule has 8 nitrogen and oxygen atoms in total. The van der Waals surface area contributed by atoms with Crippen LogP contribution in [0.1, 0.15) is 108 Å². The van der Waals surface area contributed by atoms with Crippen LogP contribution in [0.5, 0.6) is 0 Å². The maximum atomic E-state index is 13.6. The van der Waals surface area contributed by atoms with E-state index in [1.54, 1.807) is 12.1 Å². The molecular formula is C33H48ClN5O3S. The number of pyridine rings is 2. The van der Waals surface area contributed by atoms with E-state index in [1.165, 1.54) is 38.2 Å². The Kier molecular flexibility index (Phi) is 8.82. The Morgan fingerprint density at radius 2 is 1.70 bits per heavy atom. The SMILES string of the molecule is CC(C)(C)c1ccc2c(n1)N1C[C@@H](CCC(CCC(C3CC3)C3CC3)Nc3cccc(n3)S(=O)(=O)NC2=O)CC1(C)C.Cl. The van der Waals surface area contributed by atoms with Crippen molar-refractivity contribution in [3.63, 3.8) is 0 Å². The van der Waals surface area contributed by atoms with Crippen molar-refractivity contribution >= 4 is 40.0 Å². The second-order valence-corrected chi connectivity index (χ2v) is 16.6. The fourth-order valence-electron chi connectivity index (χ4n) is 7.31. The number of amides is 1. The van der Waals surface area contributed by atoms with Crippen molar-refractivity contribution in [3.8, 4) is 0 Å². The van der Waals surface area contributed by atoms with Crippen molar-refractivity contribution in [3.05, 3.63) is 41.6 Å². The van der Waals surface area contributed by atoms with Gasteiger partial charge < -0.3 is 10.2 Å². The van der Waals surface area contributed by atoms with Crippen LogP contribution in [0, 0.1) is 23.7 Å². The lowest BCUT2D eigenvalue weighted by atomic mass is 9.87. The topological polar surface area (TPSA) is 104 Å². The molecule has 2 saturated carbocycles. The van der Waals surface area contributed by atoms with Crippen molar-refractivity contribution in [1.29, 1.82) is 0 Å². The summed E-state index contributed by atoms with van der Waals surface area (Å²) in [5.41, 5.74) is 0.693. The smallest absolute Gasteiger partial charge is 0.281 e. The van der Waals surface area contributed by atoms with E-state index in [4.69, 9.17) is 4.98 Å². The molecule has 2 N–H and O–H groups in total. The lowest BCUT2D eigenvalue weighted by Crippen LogP contribution is -2.41. The Balaban J connectivity index is 0.00000368. The van der Waals surface area contributed by atoms with Gasteiger partial charge >= 0.3 is 0 Å². The molecule has 2 aliphatic heterocycles. The van der Waals surface area contributed by atoms with Crippen molar-refractivity contribution in [2.24, 2.45) is 23.7 Å². The molecule has 0 radical (unpaired) electrons. The van der Waals surface area contributed by atoms with E-state index < -0.39 is 15.9 Å². The zero-order valence-electron chi connectivity index (χ0n) is 26.2. The number of nitrogens with zero attached hydrogens (tertiary/aromatic N) is 3. The number of fused-ring (bicyclic) bond motifs is 6. The van der Waals surface area contributed by atoms with Gasteiger partial charge in [0.15, 0.2) is 5.03 Å². The third-order valence-corrected chi connectivity index (χ3v) is 11.1. The fourth-order valence-corrected chi connectivity index (χ4v) is 8.24. The highest BCUT2D eigenvalue weighted by Gasteiger charge is 2.43. The van der Waals surface area contributed by atoms with Gasteiger partial charge in [-0.05, 0) is 120 Å². The number of anilines is 2. The zero-order chi connectivity index (χ0) is 29.9. The summed E-state index contributed by atoms with van der Waals surface area (Å²) in [5.74, 6) is 3.51. The number of halogens is 1. The average Bonchev–Trinajstić information content (AvgIpc) is 3.84. The zero-order valence-corrected chi connectivity index (χ0v) is 27.9. The number of sulfonamides is 1. The molecule has 1 amide bonds. The molecular weight excluding hydrogens is 582 g/mol. The Bertz CT molecular complexity index is 1440. The summed E-state index contributed by atoms with van der Waals surface area (Å²) in [6, 6.07) is 8.75. The number of hydrogen-bond donors (Lipinski definition) is 2. The van der Waals surface area contributed by atoms with Crippen LogP contribution in [0.15, 0.2) is 35.4 Å². The molecule has 0 aromatic carbocycles. The highest BCUT2D eigenvalue weighted by Crippen LogP contribution is 2.51. The van der Waals surface area contributed by atoms with Crippen LogP contribution in [0.25, 0.3) is 0 Å². The van der Waals surface area contributed by atoms with E-state index in [0.29, 0.717) is 17.6 Å². The standard InChI is InChI=1S/C33H47N5O3S.ClH/c1-32(2,3)27-18-17-26-30(35-27)38-20-21(19-33(38,4)5)9-14-24(15-16-25(22-10-11-22)23-12-13-23)34-28-7-6-8-29(36-28)42(40,41)37-31(26)39;/h6-8,17-18,21-25H,9-16,19-20H2,1-5H3,(H,34,36)(H,37,39);1H/t21-,24?;/m0./s1. The summed E-state index contributed by atoms with van der Waals surface area (Å²) in [4.78, 5) is 25.4. The Hall–Kier alpha value is -2.39. The molecule has 4 heterocycles. The molecule has 0 spiro atoms. The third kappa shape index (κ3) is 7.14. The van der Waals surface area contributed by atoms with Crippen molar-refractivity contribution in [1.82, 2.24) is 14.7 Å². The van der Waals surface area contributed by atoms with Crippen LogP contribution < -0.4 is 14.9 Å². The number of aromatic nitrogens is 2. The first-order valence-electron chi connectivity index (χ1n) is 15.9. The van der Waals surface area contributed by atoms with Gasteiger partial charge in [0.25, 0.3) is 15.9 Å². The van der Waals surface area contributed by atoms with E-state index in [1.807, 2.05) is 12.1 Å². The van der Waals surface area contributed by atoms with E-state index >= 15 is 0 Å². The van der Waals surface area contributed by atoms with Crippen molar-refractivity contribution < 1.29 is 13.2 Å². The molecule has 1 saturated heterocycles. The molecule has 2 aliphatic carbocycles. The maximum Gasteiger partial charge on any atom is 0.281 e. The summed E-state index contributed by atoms with van der Waals surface area (Å²) >= 11 is 0. The minimum Gasteiger partial charge on any atom is -0.367 e.